The van der Waals surface area contributed by atoms with Crippen molar-refractivity contribution < 1.29 is 42.0 Å². The van der Waals surface area contributed by atoms with E-state index in [1.165, 1.54) is 19.4 Å². The van der Waals surface area contributed by atoms with Gasteiger partial charge in [-0.3, -0.25) is 4.90 Å². The van der Waals surface area contributed by atoms with Gasteiger partial charge in [0.15, 0.2) is 17.2 Å². The molecule has 0 saturated carbocycles. The van der Waals surface area contributed by atoms with Crippen molar-refractivity contribution in [1.82, 2.24) is 9.97 Å². The molecule has 0 unspecified atom stereocenters. The third-order valence-corrected chi connectivity index (χ3v) is 7.64. The minimum Gasteiger partial charge on any atom is -0.488 e. The smallest absolute Gasteiger partial charge is 0.416 e. The van der Waals surface area contributed by atoms with Gasteiger partial charge in [0.1, 0.15) is 31.3 Å². The van der Waals surface area contributed by atoms with Crippen LogP contribution in [0.3, 0.4) is 0 Å². The molecular formula is C30H30F3N5O6. The van der Waals surface area contributed by atoms with Gasteiger partial charge in [0.25, 0.3) is 0 Å². The number of carboxylic acid groups (broad SMARTS) is 1. The number of rotatable bonds is 8. The van der Waals surface area contributed by atoms with Gasteiger partial charge in [-0.1, -0.05) is 6.92 Å². The lowest BCUT2D eigenvalue weighted by molar-refractivity contribution is -0.137. The van der Waals surface area contributed by atoms with E-state index in [9.17, 15) is 28.3 Å². The van der Waals surface area contributed by atoms with Crippen LogP contribution >= 0.6 is 0 Å². The zero-order valence-electron chi connectivity index (χ0n) is 24.0. The molecule has 232 valence electrons. The van der Waals surface area contributed by atoms with Crippen molar-refractivity contribution in [2.75, 3.05) is 38.4 Å². The Morgan fingerprint density at radius 3 is 2.57 bits per heavy atom. The third-order valence-electron chi connectivity index (χ3n) is 7.64. The molecule has 0 spiro atoms. The van der Waals surface area contributed by atoms with Crippen LogP contribution in [0.5, 0.6) is 17.2 Å². The molecule has 5 rings (SSSR count). The first-order chi connectivity index (χ1) is 21.0. The topological polar surface area (TPSA) is 153 Å². The summed E-state index contributed by atoms with van der Waals surface area (Å²) in [6.07, 6.45) is -4.22. The summed E-state index contributed by atoms with van der Waals surface area (Å²) in [5.41, 5.74) is 5.58. The highest BCUT2D eigenvalue weighted by atomic mass is 19.4. The second kappa shape index (κ2) is 12.2. The first kappa shape index (κ1) is 30.8. The maximum atomic E-state index is 13.6. The lowest BCUT2D eigenvalue weighted by Crippen LogP contribution is -2.61. The number of anilines is 1. The number of nitriles is 1. The van der Waals surface area contributed by atoms with Crippen molar-refractivity contribution in [2.45, 2.75) is 43.9 Å². The number of alkyl halides is 3. The first-order valence-corrected chi connectivity index (χ1v) is 13.8. The van der Waals surface area contributed by atoms with E-state index in [0.717, 1.165) is 17.0 Å². The van der Waals surface area contributed by atoms with E-state index < -0.39 is 29.4 Å². The molecular weight excluding hydrogens is 583 g/mol. The Morgan fingerprint density at radius 2 is 1.93 bits per heavy atom. The summed E-state index contributed by atoms with van der Waals surface area (Å²) in [7, 11) is 1.50. The van der Waals surface area contributed by atoms with E-state index in [4.69, 9.17) is 29.7 Å². The van der Waals surface area contributed by atoms with Crippen molar-refractivity contribution in [3.63, 3.8) is 0 Å². The van der Waals surface area contributed by atoms with Crippen molar-refractivity contribution in [2.24, 2.45) is 5.73 Å². The fourth-order valence-corrected chi connectivity index (χ4v) is 5.47. The maximum Gasteiger partial charge on any atom is 0.416 e. The molecule has 3 N–H and O–H groups in total. The Bertz CT molecular complexity index is 1610. The van der Waals surface area contributed by atoms with Crippen LogP contribution in [0.15, 0.2) is 36.5 Å². The molecule has 1 amide bonds. The standard InChI is InChI=1S/C30H30F3N5O6/c1-3-29(35)14-21(20-12-24-25(43-7-6-42-24)13-23(20)38(29)28(39)40)27-36-16-26(44-5-4-41-2)22(37-27)11-17-8-18(15-34)10-19(9-17)30(31,32)33/h8-10,12-13,16,21H,3-7,11,14,35H2,1-2H3,(H,39,40)/t21-,29+/m0/s1. The SMILES string of the molecule is CC[C@]1(N)C[C@H](c2ncc(OCCOC)c(Cc3cc(C#N)cc(C(F)(F)F)c3)n2)c2cc3c(cc2N1C(=O)O)OCCO3. The van der Waals surface area contributed by atoms with E-state index in [0.29, 0.717) is 36.0 Å². The minimum absolute atomic E-state index is 0.105. The third kappa shape index (κ3) is 6.06. The fourth-order valence-electron chi connectivity index (χ4n) is 5.47. The number of fused-ring (bicyclic) bond motifs is 2. The summed E-state index contributed by atoms with van der Waals surface area (Å²) in [6.45, 7) is 2.75. The number of aromatic nitrogens is 2. The van der Waals surface area contributed by atoms with Crippen LogP contribution in [-0.2, 0) is 17.3 Å². The summed E-state index contributed by atoms with van der Waals surface area (Å²) in [6, 6.07) is 8.17. The summed E-state index contributed by atoms with van der Waals surface area (Å²) in [5.74, 6) is 0.671. The fraction of sp³-hybridized carbons (Fsp3) is 0.400. The van der Waals surface area contributed by atoms with E-state index >= 15 is 0 Å². The quantitative estimate of drug-likeness (QED) is 0.338. The number of halogens is 3. The van der Waals surface area contributed by atoms with Crippen molar-refractivity contribution >= 4 is 11.8 Å². The Balaban J connectivity index is 1.64. The van der Waals surface area contributed by atoms with Crippen LogP contribution in [0.2, 0.25) is 0 Å². The van der Waals surface area contributed by atoms with E-state index in [1.807, 2.05) is 0 Å². The highest BCUT2D eigenvalue weighted by Crippen LogP contribution is 2.49. The van der Waals surface area contributed by atoms with Crippen LogP contribution in [0.25, 0.3) is 0 Å². The first-order valence-electron chi connectivity index (χ1n) is 13.8. The van der Waals surface area contributed by atoms with Crippen LogP contribution in [0.1, 0.15) is 59.5 Å². The van der Waals surface area contributed by atoms with E-state index in [-0.39, 0.29) is 60.9 Å². The number of methoxy groups -OCH3 is 1. The number of ether oxygens (including phenoxy) is 4. The number of benzene rings is 2. The van der Waals surface area contributed by atoms with Gasteiger partial charge in [0.05, 0.1) is 41.4 Å². The Labute approximate surface area is 250 Å². The average molecular weight is 614 g/mol. The van der Waals surface area contributed by atoms with E-state index in [1.54, 1.807) is 25.1 Å². The molecule has 0 fully saturated rings. The van der Waals surface area contributed by atoms with Crippen molar-refractivity contribution in [3.05, 3.63) is 70.3 Å². The molecule has 0 bridgehead atoms. The van der Waals surface area contributed by atoms with Gasteiger partial charge in [-0.25, -0.2) is 14.8 Å². The van der Waals surface area contributed by atoms with Crippen LogP contribution in [0.4, 0.5) is 23.7 Å². The van der Waals surface area contributed by atoms with Crippen molar-refractivity contribution in [3.8, 4) is 23.3 Å². The Kier molecular flexibility index (Phi) is 8.53. The van der Waals surface area contributed by atoms with Gasteiger partial charge < -0.3 is 29.8 Å². The molecule has 0 aliphatic carbocycles. The molecule has 11 nitrogen and oxygen atoms in total. The largest absolute Gasteiger partial charge is 0.488 e. The predicted molar refractivity (Wildman–Crippen MR) is 150 cm³/mol. The van der Waals surface area contributed by atoms with Crippen LogP contribution < -0.4 is 24.8 Å². The summed E-state index contributed by atoms with van der Waals surface area (Å²) >= 11 is 0. The number of amides is 1. The average Bonchev–Trinajstić information content (AvgIpc) is 2.99. The van der Waals surface area contributed by atoms with Gasteiger partial charge in [0.2, 0.25) is 0 Å². The highest BCUT2D eigenvalue weighted by molar-refractivity contribution is 5.91. The van der Waals surface area contributed by atoms with Crippen LogP contribution in [-0.4, -0.2) is 60.4 Å². The summed E-state index contributed by atoms with van der Waals surface area (Å²) in [5, 5.41) is 19.6. The number of nitrogens with two attached hydrogens (primary N) is 1. The lowest BCUT2D eigenvalue weighted by Gasteiger charge is -2.46. The lowest BCUT2D eigenvalue weighted by atomic mass is 9.80. The maximum absolute atomic E-state index is 13.6. The van der Waals surface area contributed by atoms with Gasteiger partial charge in [-0.15, -0.1) is 0 Å². The van der Waals surface area contributed by atoms with Crippen molar-refractivity contribution in [1.29, 1.82) is 5.26 Å². The number of hydrogen-bond donors (Lipinski definition) is 2. The Hall–Kier alpha value is -4.61. The van der Waals surface area contributed by atoms with Gasteiger partial charge in [-0.2, -0.15) is 18.4 Å². The molecule has 44 heavy (non-hydrogen) atoms. The minimum atomic E-state index is -4.66. The normalized spacial score (nSPS) is 19.2. The highest BCUT2D eigenvalue weighted by Gasteiger charge is 2.46. The zero-order chi connectivity index (χ0) is 31.6. The van der Waals surface area contributed by atoms with Gasteiger partial charge in [-0.05, 0) is 48.2 Å². The Morgan fingerprint density at radius 1 is 1.20 bits per heavy atom. The molecule has 2 aliphatic heterocycles. The van der Waals surface area contributed by atoms with Gasteiger partial charge in [0, 0.05) is 25.5 Å². The monoisotopic (exact) mass is 613 g/mol. The molecule has 3 aromatic rings. The predicted octanol–water partition coefficient (Wildman–Crippen LogP) is 4.84. The second-order valence-corrected chi connectivity index (χ2v) is 10.5. The second-order valence-electron chi connectivity index (χ2n) is 10.5. The molecule has 2 atom stereocenters. The number of hydrogen-bond acceptors (Lipinski definition) is 9. The van der Waals surface area contributed by atoms with Crippen LogP contribution in [0, 0.1) is 11.3 Å². The number of nitrogens with zero attached hydrogens (tertiary/aromatic N) is 4. The summed E-state index contributed by atoms with van der Waals surface area (Å²) < 4.78 is 63.2. The van der Waals surface area contributed by atoms with E-state index in [2.05, 4.69) is 4.98 Å². The molecule has 0 radical (unpaired) electrons. The summed E-state index contributed by atoms with van der Waals surface area (Å²) in [4.78, 5) is 22.9. The molecule has 0 saturated heterocycles. The molecule has 2 aliphatic rings. The number of carbonyl (C=O) groups is 1. The zero-order valence-corrected chi connectivity index (χ0v) is 24.0. The molecule has 3 heterocycles. The van der Waals surface area contributed by atoms with Gasteiger partial charge >= 0.3 is 12.3 Å². The molecule has 2 aromatic carbocycles. The molecule has 1 aromatic heterocycles. The molecule has 14 heteroatoms.